The van der Waals surface area contributed by atoms with Crippen LogP contribution >= 0.6 is 11.8 Å². The van der Waals surface area contributed by atoms with Crippen LogP contribution in [0.3, 0.4) is 0 Å². The largest absolute Gasteiger partial charge is 0.313 e. The number of thioether (sulfide) groups is 1. The molecule has 0 aromatic carbocycles. The summed E-state index contributed by atoms with van der Waals surface area (Å²) in [6.45, 7) is 3.07. The zero-order chi connectivity index (χ0) is 11.3. The summed E-state index contributed by atoms with van der Waals surface area (Å²) in [4.78, 5) is 0. The van der Waals surface area contributed by atoms with Crippen LogP contribution in [0.1, 0.15) is 26.2 Å². The Bertz CT molecular complexity index is 277. The van der Waals surface area contributed by atoms with Crippen molar-refractivity contribution in [1.82, 2.24) is 5.32 Å². The molecule has 90 valence electrons. The van der Waals surface area contributed by atoms with Gasteiger partial charge in [-0.15, -0.1) is 0 Å². The molecule has 1 rings (SSSR count). The molecular weight excluding hydrogens is 230 g/mol. The molecule has 15 heavy (non-hydrogen) atoms. The fourth-order valence-electron chi connectivity index (χ4n) is 1.81. The average molecular weight is 251 g/mol. The Morgan fingerprint density at radius 3 is 2.80 bits per heavy atom. The van der Waals surface area contributed by atoms with E-state index in [4.69, 9.17) is 0 Å². The Hall–Kier alpha value is 0.260. The minimum atomic E-state index is -2.79. The van der Waals surface area contributed by atoms with Crippen molar-refractivity contribution in [2.24, 2.45) is 0 Å². The highest BCUT2D eigenvalue weighted by Crippen LogP contribution is 2.24. The molecule has 1 aliphatic rings. The van der Waals surface area contributed by atoms with E-state index in [-0.39, 0.29) is 0 Å². The summed E-state index contributed by atoms with van der Waals surface area (Å²) in [5.74, 6) is 1.57. The van der Waals surface area contributed by atoms with E-state index in [2.05, 4.69) is 12.2 Å². The molecule has 1 aliphatic heterocycles. The lowest BCUT2D eigenvalue weighted by Crippen LogP contribution is -2.40. The van der Waals surface area contributed by atoms with Crippen LogP contribution in [-0.4, -0.2) is 44.0 Å². The summed E-state index contributed by atoms with van der Waals surface area (Å²) < 4.78 is 21.8. The van der Waals surface area contributed by atoms with Crippen molar-refractivity contribution in [3.8, 4) is 0 Å². The monoisotopic (exact) mass is 251 g/mol. The Kier molecular flexibility index (Phi) is 5.43. The number of hydrogen-bond donors (Lipinski definition) is 1. The first kappa shape index (κ1) is 13.3. The van der Waals surface area contributed by atoms with Gasteiger partial charge in [0.25, 0.3) is 0 Å². The van der Waals surface area contributed by atoms with Crippen LogP contribution in [0.5, 0.6) is 0 Å². The maximum Gasteiger partial charge on any atom is 0.147 e. The van der Waals surface area contributed by atoms with Gasteiger partial charge in [-0.05, 0) is 31.6 Å². The molecule has 0 radical (unpaired) electrons. The van der Waals surface area contributed by atoms with Crippen LogP contribution in [0.25, 0.3) is 0 Å². The first-order valence-corrected chi connectivity index (χ1v) is 8.63. The van der Waals surface area contributed by atoms with E-state index in [1.54, 1.807) is 0 Å². The van der Waals surface area contributed by atoms with Crippen molar-refractivity contribution in [2.75, 3.05) is 24.3 Å². The Balaban J connectivity index is 2.14. The molecule has 1 fully saturated rings. The van der Waals surface area contributed by atoms with Crippen molar-refractivity contribution in [2.45, 2.75) is 37.5 Å². The molecule has 2 atom stereocenters. The molecular formula is C10H21NO2S2. The molecule has 0 aromatic heterocycles. The topological polar surface area (TPSA) is 46.2 Å². The van der Waals surface area contributed by atoms with Crippen LogP contribution in [0.2, 0.25) is 0 Å². The lowest BCUT2D eigenvalue weighted by Gasteiger charge is -2.29. The van der Waals surface area contributed by atoms with E-state index < -0.39 is 9.84 Å². The Morgan fingerprint density at radius 2 is 2.20 bits per heavy atom. The molecule has 5 heteroatoms. The molecule has 0 aliphatic carbocycles. The summed E-state index contributed by atoms with van der Waals surface area (Å²) in [5, 5.41) is 4.12. The van der Waals surface area contributed by atoms with Crippen LogP contribution in [0.15, 0.2) is 0 Å². The number of sulfone groups is 1. The molecule has 0 spiro atoms. The van der Waals surface area contributed by atoms with Gasteiger partial charge >= 0.3 is 0 Å². The van der Waals surface area contributed by atoms with E-state index >= 15 is 0 Å². The molecule has 1 saturated heterocycles. The van der Waals surface area contributed by atoms with Crippen molar-refractivity contribution in [3.63, 3.8) is 0 Å². The zero-order valence-electron chi connectivity index (χ0n) is 9.53. The van der Waals surface area contributed by atoms with Gasteiger partial charge in [0, 0.05) is 17.5 Å². The number of rotatable bonds is 5. The first-order valence-electron chi connectivity index (χ1n) is 5.52. The lowest BCUT2D eigenvalue weighted by atomic mass is 10.1. The van der Waals surface area contributed by atoms with Crippen molar-refractivity contribution in [3.05, 3.63) is 0 Å². The highest BCUT2D eigenvalue weighted by molar-refractivity contribution is 7.99. The van der Waals surface area contributed by atoms with E-state index in [1.807, 2.05) is 11.8 Å². The van der Waals surface area contributed by atoms with Gasteiger partial charge in [-0.1, -0.05) is 6.92 Å². The van der Waals surface area contributed by atoms with Gasteiger partial charge in [-0.2, -0.15) is 11.8 Å². The average Bonchev–Trinajstić information content (AvgIpc) is 2.13. The third-order valence-electron chi connectivity index (χ3n) is 2.71. The highest BCUT2D eigenvalue weighted by Gasteiger charge is 2.20. The second kappa shape index (κ2) is 6.11. The summed E-state index contributed by atoms with van der Waals surface area (Å²) >= 11 is 2.01. The quantitative estimate of drug-likeness (QED) is 0.748. The summed E-state index contributed by atoms with van der Waals surface area (Å²) in [5.41, 5.74) is 0. The van der Waals surface area contributed by atoms with E-state index in [9.17, 15) is 8.42 Å². The smallest absolute Gasteiger partial charge is 0.147 e. The first-order chi connectivity index (χ1) is 6.99. The summed E-state index contributed by atoms with van der Waals surface area (Å²) in [6, 6.07) is 0.573. The fourth-order valence-corrected chi connectivity index (χ4v) is 3.65. The van der Waals surface area contributed by atoms with Gasteiger partial charge in [-0.25, -0.2) is 8.42 Å². The van der Waals surface area contributed by atoms with Crippen LogP contribution in [-0.2, 0) is 9.84 Å². The summed E-state index contributed by atoms with van der Waals surface area (Å²) in [7, 11) is -2.79. The molecule has 2 unspecified atom stereocenters. The second-order valence-electron chi connectivity index (χ2n) is 4.26. The normalized spacial score (nSPS) is 27.9. The Labute approximate surface area is 97.3 Å². The number of nitrogens with one attached hydrogen (secondary N) is 1. The maximum atomic E-state index is 10.9. The molecule has 0 saturated carbocycles. The molecule has 0 amide bonds. The van der Waals surface area contributed by atoms with Gasteiger partial charge in [-0.3, -0.25) is 0 Å². The minimum Gasteiger partial charge on any atom is -0.313 e. The predicted molar refractivity (Wildman–Crippen MR) is 67.3 cm³/mol. The van der Waals surface area contributed by atoms with E-state index in [0.29, 0.717) is 17.0 Å². The summed E-state index contributed by atoms with van der Waals surface area (Å²) in [6.07, 6.45) is 4.53. The SMILES string of the molecule is CC1SCCCC1NCCCS(C)(=O)=O. The van der Waals surface area contributed by atoms with Crippen molar-refractivity contribution >= 4 is 21.6 Å². The molecule has 0 bridgehead atoms. The van der Waals surface area contributed by atoms with Gasteiger partial charge in [0.15, 0.2) is 0 Å². The van der Waals surface area contributed by atoms with Gasteiger partial charge in [0.1, 0.15) is 9.84 Å². The lowest BCUT2D eigenvalue weighted by molar-refractivity contribution is 0.463. The molecule has 0 aromatic rings. The molecule has 1 heterocycles. The number of hydrogen-bond acceptors (Lipinski definition) is 4. The second-order valence-corrected chi connectivity index (χ2v) is 8.01. The molecule has 3 nitrogen and oxygen atoms in total. The van der Waals surface area contributed by atoms with Crippen molar-refractivity contribution < 1.29 is 8.42 Å². The highest BCUT2D eigenvalue weighted by atomic mass is 32.2. The third-order valence-corrected chi connectivity index (χ3v) is 5.11. The standard InChI is InChI=1S/C10H21NO2S2/c1-9-10(5-3-7-14-9)11-6-4-8-15(2,12)13/h9-11H,3-8H2,1-2H3. The van der Waals surface area contributed by atoms with Crippen LogP contribution in [0.4, 0.5) is 0 Å². The van der Waals surface area contributed by atoms with Crippen LogP contribution < -0.4 is 5.32 Å². The zero-order valence-corrected chi connectivity index (χ0v) is 11.2. The fraction of sp³-hybridized carbons (Fsp3) is 1.00. The minimum absolute atomic E-state index is 0.300. The van der Waals surface area contributed by atoms with E-state index in [0.717, 1.165) is 13.0 Å². The van der Waals surface area contributed by atoms with Crippen LogP contribution in [0, 0.1) is 0 Å². The predicted octanol–water partition coefficient (Wildman–Crippen LogP) is 1.29. The Morgan fingerprint density at radius 1 is 1.47 bits per heavy atom. The molecule has 1 N–H and O–H groups in total. The van der Waals surface area contributed by atoms with Gasteiger partial charge < -0.3 is 5.32 Å². The van der Waals surface area contributed by atoms with Crippen molar-refractivity contribution in [1.29, 1.82) is 0 Å². The van der Waals surface area contributed by atoms with Gasteiger partial charge in [0.2, 0.25) is 0 Å². The maximum absolute atomic E-state index is 10.9. The van der Waals surface area contributed by atoms with E-state index in [1.165, 1.54) is 24.9 Å². The van der Waals surface area contributed by atoms with Gasteiger partial charge in [0.05, 0.1) is 5.75 Å². The third kappa shape index (κ3) is 5.78.